The molecule has 0 amide bonds. The number of anilines is 1. The van der Waals surface area contributed by atoms with E-state index in [9.17, 15) is 26.0 Å². The Labute approximate surface area is 166 Å². The molecule has 13 heteroatoms. The van der Waals surface area contributed by atoms with Gasteiger partial charge in [-0.3, -0.25) is 0 Å². The summed E-state index contributed by atoms with van der Waals surface area (Å²) in [6, 6.07) is 10.5. The van der Waals surface area contributed by atoms with Gasteiger partial charge in [-0.15, -0.1) is 0 Å². The Morgan fingerprint density at radius 2 is 1.34 bits per heavy atom. The van der Waals surface area contributed by atoms with Gasteiger partial charge in [0, 0.05) is 10.7 Å². The first-order valence-electron chi connectivity index (χ1n) is 7.17. The minimum absolute atomic E-state index is 0.0669. The molecule has 0 saturated heterocycles. The van der Waals surface area contributed by atoms with E-state index in [2.05, 4.69) is 9.47 Å². The summed E-state index contributed by atoms with van der Waals surface area (Å²) in [5.41, 5.74) is 4.88. The van der Waals surface area contributed by atoms with Crippen LogP contribution in [0.1, 0.15) is 11.1 Å². The number of nitrogen functional groups attached to an aromatic ring is 1. The molecule has 0 aliphatic heterocycles. The van der Waals surface area contributed by atoms with E-state index >= 15 is 0 Å². The van der Waals surface area contributed by atoms with Crippen molar-refractivity contribution in [3.05, 3.63) is 47.5 Å². The summed E-state index contributed by atoms with van der Waals surface area (Å²) in [6.45, 7) is -6.10. The fourth-order valence-electron chi connectivity index (χ4n) is 1.88. The maximum atomic E-state index is 12.0. The van der Waals surface area contributed by atoms with Gasteiger partial charge in [0.05, 0.1) is 5.69 Å². The molecule has 0 unspecified atom stereocenters. The Kier molecular flexibility index (Phi) is 8.51. The molecule has 154 valence electrons. The number of rotatable bonds is 5. The van der Waals surface area contributed by atoms with Crippen LogP contribution in [0.3, 0.4) is 0 Å². The highest BCUT2D eigenvalue weighted by atomic mass is 35.7. The third-order valence-corrected chi connectivity index (χ3v) is 4.33. The van der Waals surface area contributed by atoms with Gasteiger partial charge in [-0.1, -0.05) is 12.1 Å². The Morgan fingerprint density at radius 3 is 1.76 bits per heavy atom. The number of nitriles is 2. The first-order chi connectivity index (χ1) is 13.5. The van der Waals surface area contributed by atoms with Crippen LogP contribution < -0.4 is 15.2 Å². The van der Waals surface area contributed by atoms with Crippen LogP contribution in [0.2, 0.25) is 0 Å². The van der Waals surface area contributed by atoms with E-state index in [1.807, 2.05) is 0 Å². The summed E-state index contributed by atoms with van der Waals surface area (Å²) in [7, 11) is 0.850. The average molecular weight is 452 g/mol. The van der Waals surface area contributed by atoms with Gasteiger partial charge < -0.3 is 15.2 Å². The van der Waals surface area contributed by atoms with E-state index < -0.39 is 38.5 Å². The molecule has 2 N–H and O–H groups in total. The highest BCUT2D eigenvalue weighted by Crippen LogP contribution is 2.28. The molecule has 2 aromatic rings. The van der Waals surface area contributed by atoms with Crippen molar-refractivity contribution >= 4 is 25.4 Å². The largest absolute Gasteiger partial charge is 0.433 e. The molecule has 0 atom stereocenters. The molecule has 0 saturated carbocycles. The fraction of sp³-hybridized carbons (Fsp3) is 0.125. The zero-order valence-electron chi connectivity index (χ0n) is 14.0. The van der Waals surface area contributed by atoms with Gasteiger partial charge in [0.25, 0.3) is 9.05 Å². The van der Waals surface area contributed by atoms with Crippen LogP contribution in [0.15, 0.2) is 41.3 Å². The SMILES string of the molecule is N#Cc1c(N)cccc1OC(F)F.N#Cc1c(OC(F)F)cccc1S(=O)(=O)Cl. The number of nitrogens with two attached hydrogens (primary N) is 1. The summed E-state index contributed by atoms with van der Waals surface area (Å²) in [6.07, 6.45) is 0. The van der Waals surface area contributed by atoms with Gasteiger partial charge in [-0.2, -0.15) is 28.1 Å². The predicted molar refractivity (Wildman–Crippen MR) is 93.0 cm³/mol. The van der Waals surface area contributed by atoms with Crippen molar-refractivity contribution in [2.45, 2.75) is 18.1 Å². The lowest BCUT2D eigenvalue weighted by molar-refractivity contribution is -0.0507. The molecule has 0 aliphatic rings. The second kappa shape index (κ2) is 10.4. The van der Waals surface area contributed by atoms with E-state index in [-0.39, 0.29) is 17.0 Å². The number of hydrogen-bond acceptors (Lipinski definition) is 7. The lowest BCUT2D eigenvalue weighted by Gasteiger charge is -2.07. The Morgan fingerprint density at radius 1 is 0.897 bits per heavy atom. The number of ether oxygens (including phenoxy) is 2. The fourth-order valence-corrected chi connectivity index (χ4v) is 2.90. The zero-order chi connectivity index (χ0) is 22.2. The van der Waals surface area contributed by atoms with E-state index in [1.165, 1.54) is 24.3 Å². The molecular weight excluding hydrogens is 442 g/mol. The van der Waals surface area contributed by atoms with Crippen LogP contribution in [-0.4, -0.2) is 21.6 Å². The molecule has 0 bridgehead atoms. The summed E-state index contributed by atoms with van der Waals surface area (Å²) < 4.78 is 77.6. The molecule has 0 spiro atoms. The molecule has 0 fully saturated rings. The lowest BCUT2D eigenvalue weighted by atomic mass is 10.2. The molecule has 2 aromatic carbocycles. The van der Waals surface area contributed by atoms with Crippen molar-refractivity contribution in [1.29, 1.82) is 10.5 Å². The quantitative estimate of drug-likeness (QED) is 0.416. The summed E-state index contributed by atoms with van der Waals surface area (Å²) in [5.74, 6) is -0.725. The molecule has 29 heavy (non-hydrogen) atoms. The van der Waals surface area contributed by atoms with Crippen molar-refractivity contribution in [3.8, 4) is 23.6 Å². The van der Waals surface area contributed by atoms with Gasteiger partial charge in [0.2, 0.25) is 0 Å². The molecule has 2 rings (SSSR count). The van der Waals surface area contributed by atoms with Gasteiger partial charge >= 0.3 is 13.2 Å². The van der Waals surface area contributed by atoms with Crippen molar-refractivity contribution in [2.24, 2.45) is 0 Å². The Bertz CT molecular complexity index is 1050. The van der Waals surface area contributed by atoms with Gasteiger partial charge in [-0.05, 0) is 24.3 Å². The van der Waals surface area contributed by atoms with Crippen LogP contribution in [0.25, 0.3) is 0 Å². The summed E-state index contributed by atoms with van der Waals surface area (Å²) in [5, 5.41) is 17.2. The van der Waals surface area contributed by atoms with Crippen LogP contribution in [-0.2, 0) is 9.05 Å². The maximum Gasteiger partial charge on any atom is 0.387 e. The van der Waals surface area contributed by atoms with Crippen molar-refractivity contribution in [1.82, 2.24) is 0 Å². The second-order valence-corrected chi connectivity index (χ2v) is 7.30. The number of hydrogen-bond donors (Lipinski definition) is 1. The normalized spacial score (nSPS) is 10.5. The number of alkyl halides is 4. The Balaban J connectivity index is 0.000000296. The molecule has 0 aliphatic carbocycles. The van der Waals surface area contributed by atoms with Crippen molar-refractivity contribution < 1.29 is 35.5 Å². The minimum atomic E-state index is -4.18. The number of nitrogens with zero attached hydrogens (tertiary/aromatic N) is 2. The highest BCUT2D eigenvalue weighted by molar-refractivity contribution is 8.13. The van der Waals surface area contributed by atoms with Gasteiger partial charge in [0.1, 0.15) is 39.7 Å². The van der Waals surface area contributed by atoms with Gasteiger partial charge in [-0.25, -0.2) is 8.42 Å². The Hall–Kier alpha value is -3.22. The zero-order valence-corrected chi connectivity index (χ0v) is 15.6. The minimum Gasteiger partial charge on any atom is -0.433 e. The first kappa shape index (κ1) is 23.8. The van der Waals surface area contributed by atoms with E-state index in [1.54, 1.807) is 6.07 Å². The third-order valence-electron chi connectivity index (χ3n) is 2.96. The molecule has 0 radical (unpaired) electrons. The monoisotopic (exact) mass is 451 g/mol. The first-order valence-corrected chi connectivity index (χ1v) is 9.48. The lowest BCUT2D eigenvalue weighted by Crippen LogP contribution is -2.05. The van der Waals surface area contributed by atoms with Crippen LogP contribution in [0.5, 0.6) is 11.5 Å². The van der Waals surface area contributed by atoms with E-state index in [0.29, 0.717) is 0 Å². The number of halogens is 5. The number of benzene rings is 2. The highest BCUT2D eigenvalue weighted by Gasteiger charge is 2.20. The predicted octanol–water partition coefficient (Wildman–Crippen LogP) is 3.83. The van der Waals surface area contributed by atoms with Crippen molar-refractivity contribution in [2.75, 3.05) is 5.73 Å². The standard InChI is InChI=1S/C8H4ClF2NO3S.C8H6F2N2O/c9-16(13,14)7-3-1-2-6(5(7)4-12)15-8(10)11;9-8(10)13-7-3-1-2-6(12)5(7)4-11/h1-3,8H;1-3,8H,12H2. The molecule has 0 aromatic heterocycles. The van der Waals surface area contributed by atoms with Crippen LogP contribution >= 0.6 is 10.7 Å². The van der Waals surface area contributed by atoms with E-state index in [0.717, 1.165) is 18.2 Å². The molecular formula is C16H10ClF4N3O4S. The molecule has 7 nitrogen and oxygen atoms in total. The second-order valence-electron chi connectivity index (χ2n) is 4.77. The topological polar surface area (TPSA) is 126 Å². The van der Waals surface area contributed by atoms with E-state index in [4.69, 9.17) is 26.9 Å². The van der Waals surface area contributed by atoms with Crippen molar-refractivity contribution in [3.63, 3.8) is 0 Å². The summed E-state index contributed by atoms with van der Waals surface area (Å²) in [4.78, 5) is -0.560. The average Bonchev–Trinajstić information content (AvgIpc) is 2.60. The molecule has 0 heterocycles. The van der Waals surface area contributed by atoms with Crippen LogP contribution in [0.4, 0.5) is 23.2 Å². The third kappa shape index (κ3) is 7.03. The van der Waals surface area contributed by atoms with Gasteiger partial charge in [0.15, 0.2) is 0 Å². The van der Waals surface area contributed by atoms with Crippen LogP contribution in [0, 0.1) is 22.7 Å². The maximum absolute atomic E-state index is 12.0. The smallest absolute Gasteiger partial charge is 0.387 e. The summed E-state index contributed by atoms with van der Waals surface area (Å²) >= 11 is 0.